The molecule has 3 heterocycles. The summed E-state index contributed by atoms with van der Waals surface area (Å²) >= 11 is 3.61. The van der Waals surface area contributed by atoms with Gasteiger partial charge in [0.25, 0.3) is 0 Å². The van der Waals surface area contributed by atoms with Gasteiger partial charge in [-0.25, -0.2) is 9.67 Å². The molecule has 12 heteroatoms. The molecule has 0 bridgehead atoms. The molecule has 0 radical (unpaired) electrons. The van der Waals surface area contributed by atoms with Crippen molar-refractivity contribution in [2.45, 2.75) is 52.4 Å². The number of aromatic nitrogens is 4. The zero-order chi connectivity index (χ0) is 33.5. The van der Waals surface area contributed by atoms with Crippen molar-refractivity contribution in [1.82, 2.24) is 19.7 Å². The summed E-state index contributed by atoms with van der Waals surface area (Å²) in [7, 11) is 0.646. The molecule has 4 aromatic rings. The van der Waals surface area contributed by atoms with Crippen LogP contribution in [0.15, 0.2) is 53.4 Å². The van der Waals surface area contributed by atoms with Gasteiger partial charge in [-0.1, -0.05) is 20.8 Å². The molecule has 6 rings (SSSR count). The maximum Gasteiger partial charge on any atom is 0.229 e. The standard InChI is InChI=1S/C35H45BrN7O3P/c1-35(2,3)23-12-14-42(15-13-23)30-17-26(22-8-9-22)29(18-31(30)46-5)40-34-37-20-27(36)33(41-34)39-28-11-10-24(16-32(28)47(6,7)44)43-21-25(45-4)19-38-43/h10-11,16-23H,8-9,12-15H2,1-7H3,(H2,37,39,40,41). The Hall–Kier alpha value is -3.56. The average Bonchev–Trinajstić information content (AvgIpc) is 3.77. The van der Waals surface area contributed by atoms with Gasteiger partial charge in [0.05, 0.1) is 48.1 Å². The van der Waals surface area contributed by atoms with E-state index in [0.717, 1.165) is 36.1 Å². The van der Waals surface area contributed by atoms with Gasteiger partial charge in [0.1, 0.15) is 18.7 Å². The maximum absolute atomic E-state index is 13.5. The van der Waals surface area contributed by atoms with Crippen molar-refractivity contribution in [2.24, 2.45) is 11.3 Å². The minimum Gasteiger partial charge on any atom is -0.495 e. The van der Waals surface area contributed by atoms with Crippen molar-refractivity contribution in [2.75, 3.05) is 56.2 Å². The molecule has 0 amide bonds. The van der Waals surface area contributed by atoms with Crippen LogP contribution in [0, 0.1) is 11.3 Å². The van der Waals surface area contributed by atoms with Gasteiger partial charge < -0.3 is 29.6 Å². The highest BCUT2D eigenvalue weighted by molar-refractivity contribution is 9.10. The lowest BCUT2D eigenvalue weighted by molar-refractivity contribution is 0.198. The minimum atomic E-state index is -2.70. The van der Waals surface area contributed by atoms with E-state index in [-0.39, 0.29) is 0 Å². The molecule has 1 saturated heterocycles. The van der Waals surface area contributed by atoms with E-state index >= 15 is 0 Å². The SMILES string of the molecule is COc1cnn(-c2ccc(Nc3nc(Nc4cc(OC)c(N5CCC(C(C)(C)C)CC5)cc4C4CC4)ncc3Br)c(P(C)(C)=O)c2)c1. The van der Waals surface area contributed by atoms with Gasteiger partial charge in [-0.05, 0) is 102 Å². The van der Waals surface area contributed by atoms with Gasteiger partial charge in [-0.15, -0.1) is 0 Å². The van der Waals surface area contributed by atoms with Gasteiger partial charge in [-0.2, -0.15) is 10.1 Å². The lowest BCUT2D eigenvalue weighted by atomic mass is 9.75. The number of ether oxygens (including phenoxy) is 2. The van der Waals surface area contributed by atoms with E-state index in [1.165, 1.54) is 36.9 Å². The summed E-state index contributed by atoms with van der Waals surface area (Å²) in [4.78, 5) is 11.9. The van der Waals surface area contributed by atoms with Gasteiger partial charge in [0, 0.05) is 36.3 Å². The van der Waals surface area contributed by atoms with Crippen LogP contribution < -0.4 is 30.3 Å². The second-order valence-electron chi connectivity index (χ2n) is 14.0. The Bertz CT molecular complexity index is 1800. The molecule has 0 unspecified atom stereocenters. The molecule has 2 N–H and O–H groups in total. The first kappa shape index (κ1) is 33.3. The van der Waals surface area contributed by atoms with Crippen LogP contribution in [0.4, 0.5) is 28.8 Å². The van der Waals surface area contributed by atoms with E-state index in [4.69, 9.17) is 14.5 Å². The topological polar surface area (TPSA) is 106 Å². The highest BCUT2D eigenvalue weighted by Gasteiger charge is 2.32. The number of halogens is 1. The third kappa shape index (κ3) is 7.46. The Morgan fingerprint density at radius 3 is 2.32 bits per heavy atom. The summed E-state index contributed by atoms with van der Waals surface area (Å²) in [5.74, 6) is 3.74. The monoisotopic (exact) mass is 721 g/mol. The fourth-order valence-electron chi connectivity index (χ4n) is 6.35. The second kappa shape index (κ2) is 13.2. The van der Waals surface area contributed by atoms with E-state index in [9.17, 15) is 4.57 Å². The van der Waals surface area contributed by atoms with Crippen LogP contribution in [-0.4, -0.2) is 60.4 Å². The van der Waals surface area contributed by atoms with E-state index in [1.54, 1.807) is 50.8 Å². The molecule has 0 spiro atoms. The number of hydrogen-bond acceptors (Lipinski definition) is 9. The van der Waals surface area contributed by atoms with Crippen molar-refractivity contribution in [3.63, 3.8) is 0 Å². The molecule has 47 heavy (non-hydrogen) atoms. The molecule has 10 nitrogen and oxygen atoms in total. The number of nitrogens with one attached hydrogen (secondary N) is 2. The van der Waals surface area contributed by atoms with Crippen LogP contribution in [0.1, 0.15) is 57.9 Å². The summed E-state index contributed by atoms with van der Waals surface area (Å²) in [5.41, 5.74) is 5.20. The van der Waals surface area contributed by atoms with E-state index in [1.807, 2.05) is 18.2 Å². The molecular weight excluding hydrogens is 677 g/mol. The lowest BCUT2D eigenvalue weighted by Crippen LogP contribution is -2.38. The zero-order valence-corrected chi connectivity index (χ0v) is 30.8. The Kier molecular flexibility index (Phi) is 9.33. The summed E-state index contributed by atoms with van der Waals surface area (Å²) in [6.07, 6.45) is 9.85. The molecule has 2 aromatic heterocycles. The van der Waals surface area contributed by atoms with Crippen LogP contribution in [0.5, 0.6) is 11.5 Å². The maximum atomic E-state index is 13.5. The third-order valence-electron chi connectivity index (χ3n) is 9.29. The number of benzene rings is 2. The molecule has 2 aliphatic rings. The van der Waals surface area contributed by atoms with Gasteiger partial charge in [-0.3, -0.25) is 0 Å². The zero-order valence-electron chi connectivity index (χ0n) is 28.3. The summed E-state index contributed by atoms with van der Waals surface area (Å²) in [6, 6.07) is 10.1. The number of anilines is 5. The van der Waals surface area contributed by atoms with Crippen LogP contribution >= 0.6 is 23.1 Å². The van der Waals surface area contributed by atoms with Crippen molar-refractivity contribution in [3.8, 4) is 17.2 Å². The predicted octanol–water partition coefficient (Wildman–Crippen LogP) is 8.32. The molecular formula is C35H45BrN7O3P. The molecule has 250 valence electrons. The van der Waals surface area contributed by atoms with Crippen molar-refractivity contribution in [1.29, 1.82) is 0 Å². The summed E-state index contributed by atoms with van der Waals surface area (Å²) in [5, 5.41) is 12.0. The first-order chi connectivity index (χ1) is 22.3. The van der Waals surface area contributed by atoms with Crippen LogP contribution in [-0.2, 0) is 4.57 Å². The smallest absolute Gasteiger partial charge is 0.229 e. The predicted molar refractivity (Wildman–Crippen MR) is 195 cm³/mol. The Morgan fingerprint density at radius 1 is 0.957 bits per heavy atom. The molecule has 1 saturated carbocycles. The lowest BCUT2D eigenvalue weighted by Gasteiger charge is -2.40. The van der Waals surface area contributed by atoms with Crippen molar-refractivity contribution in [3.05, 3.63) is 59.0 Å². The quantitative estimate of drug-likeness (QED) is 0.156. The van der Waals surface area contributed by atoms with E-state index in [2.05, 4.69) is 74.5 Å². The minimum absolute atomic E-state index is 0.328. The first-order valence-corrected chi connectivity index (χ1v) is 19.6. The van der Waals surface area contributed by atoms with Crippen LogP contribution in [0.3, 0.4) is 0 Å². The van der Waals surface area contributed by atoms with Gasteiger partial charge >= 0.3 is 0 Å². The van der Waals surface area contributed by atoms with Gasteiger partial charge in [0.15, 0.2) is 5.75 Å². The molecule has 2 aromatic carbocycles. The number of hydrogen-bond donors (Lipinski definition) is 2. The average molecular weight is 723 g/mol. The molecule has 0 atom stereocenters. The molecule has 1 aliphatic carbocycles. The number of methoxy groups -OCH3 is 2. The molecule has 2 fully saturated rings. The number of rotatable bonds is 10. The van der Waals surface area contributed by atoms with Crippen molar-refractivity contribution >= 4 is 57.2 Å². The van der Waals surface area contributed by atoms with Gasteiger partial charge in [0.2, 0.25) is 5.95 Å². The first-order valence-electron chi connectivity index (χ1n) is 16.2. The normalized spacial score (nSPS) is 15.9. The second-order valence-corrected chi connectivity index (χ2v) is 18.1. The fourth-order valence-corrected chi connectivity index (χ4v) is 7.80. The van der Waals surface area contributed by atoms with E-state index < -0.39 is 7.14 Å². The third-order valence-corrected chi connectivity index (χ3v) is 11.4. The van der Waals surface area contributed by atoms with Crippen LogP contribution in [0.2, 0.25) is 0 Å². The number of piperidine rings is 1. The molecule has 1 aliphatic heterocycles. The summed E-state index contributed by atoms with van der Waals surface area (Å²) in [6.45, 7) is 12.6. The Labute approximate surface area is 286 Å². The largest absolute Gasteiger partial charge is 0.495 e. The number of nitrogens with zero attached hydrogens (tertiary/aromatic N) is 5. The Morgan fingerprint density at radius 2 is 1.70 bits per heavy atom. The summed E-state index contributed by atoms with van der Waals surface area (Å²) < 4.78 is 27.1. The highest BCUT2D eigenvalue weighted by Crippen LogP contribution is 2.49. The van der Waals surface area contributed by atoms with Crippen molar-refractivity contribution < 1.29 is 14.0 Å². The van der Waals surface area contributed by atoms with Crippen LogP contribution in [0.25, 0.3) is 5.69 Å². The van der Waals surface area contributed by atoms with E-state index in [0.29, 0.717) is 44.3 Å². The highest BCUT2D eigenvalue weighted by atomic mass is 79.9. The fraction of sp³-hybridized carbons (Fsp3) is 0.457. The Balaban J connectivity index is 1.27.